The molecule has 0 aromatic carbocycles. The quantitative estimate of drug-likeness (QED) is 0.721. The summed E-state index contributed by atoms with van der Waals surface area (Å²) >= 11 is 0. The van der Waals surface area contributed by atoms with Crippen molar-refractivity contribution in [3.63, 3.8) is 0 Å². The highest BCUT2D eigenvalue weighted by Gasteiger charge is 2.37. The molecule has 1 fully saturated rings. The Bertz CT molecular complexity index is 308. The fourth-order valence-corrected chi connectivity index (χ4v) is 2.05. The molecule has 0 aliphatic carbocycles. The Morgan fingerprint density at radius 1 is 1.15 bits per heavy atom. The van der Waals surface area contributed by atoms with Crippen LogP contribution in [0.15, 0.2) is 0 Å². The number of unbranched alkanes of at least 4 members (excludes halogenated alkanes) is 1. The molecule has 0 radical (unpaired) electrons. The van der Waals surface area contributed by atoms with Crippen LogP contribution in [0.5, 0.6) is 0 Å². The zero-order valence-corrected chi connectivity index (χ0v) is 12.0. The molecule has 0 amide bonds. The summed E-state index contributed by atoms with van der Waals surface area (Å²) in [5.74, 6) is -3.43. The number of aliphatic hydroxyl groups is 2. The highest BCUT2D eigenvalue weighted by molar-refractivity contribution is 5.72. The predicted molar refractivity (Wildman–Crippen MR) is 70.4 cm³/mol. The molecule has 1 unspecified atom stereocenters. The van der Waals surface area contributed by atoms with Crippen molar-refractivity contribution in [2.45, 2.75) is 76.8 Å². The molecule has 0 bridgehead atoms. The lowest BCUT2D eigenvalue weighted by Gasteiger charge is -2.27. The van der Waals surface area contributed by atoms with Gasteiger partial charge in [0.15, 0.2) is 0 Å². The Hall–Kier alpha value is -1.14. The van der Waals surface area contributed by atoms with Gasteiger partial charge in [0.1, 0.15) is 0 Å². The number of cyclic esters (lactones) is 2. The normalized spacial score (nSPS) is 21.1. The lowest BCUT2D eigenvalue weighted by atomic mass is 10.1. The Kier molecular flexibility index (Phi) is 6.95. The van der Waals surface area contributed by atoms with E-state index in [1.165, 1.54) is 0 Å². The molecule has 1 heterocycles. The van der Waals surface area contributed by atoms with E-state index >= 15 is 0 Å². The van der Waals surface area contributed by atoms with E-state index in [0.29, 0.717) is 19.3 Å². The smallest absolute Gasteiger partial charge is 0.373 e. The van der Waals surface area contributed by atoms with Crippen LogP contribution in [0.2, 0.25) is 0 Å². The van der Waals surface area contributed by atoms with Gasteiger partial charge in [-0.05, 0) is 25.7 Å². The van der Waals surface area contributed by atoms with Crippen LogP contribution in [0.25, 0.3) is 0 Å². The molecule has 116 valence electrons. The van der Waals surface area contributed by atoms with Crippen molar-refractivity contribution < 1.29 is 29.3 Å². The van der Waals surface area contributed by atoms with E-state index in [1.807, 2.05) is 6.92 Å². The Morgan fingerprint density at radius 2 is 1.70 bits per heavy atom. The topological polar surface area (TPSA) is 93.1 Å². The van der Waals surface area contributed by atoms with E-state index in [0.717, 1.165) is 12.8 Å². The summed E-state index contributed by atoms with van der Waals surface area (Å²) in [5, 5.41) is 19.9. The molecular weight excluding hydrogens is 264 g/mol. The van der Waals surface area contributed by atoms with E-state index in [-0.39, 0.29) is 25.7 Å². The van der Waals surface area contributed by atoms with Crippen molar-refractivity contribution in [3.8, 4) is 0 Å². The standard InChI is InChI=1S/C14H24O6/c1-2-3-6-11(15)9-10-14(18)19-12(16)7-4-5-8-13(17)20-14/h11,15,18H,2-10H2,1H3. The monoisotopic (exact) mass is 288 g/mol. The maximum atomic E-state index is 11.5. The molecule has 0 saturated carbocycles. The second kappa shape index (κ2) is 8.21. The Balaban J connectivity index is 2.55. The lowest BCUT2D eigenvalue weighted by Crippen LogP contribution is -2.40. The third-order valence-electron chi connectivity index (χ3n) is 3.24. The highest BCUT2D eigenvalue weighted by atomic mass is 16.8. The first kappa shape index (κ1) is 16.9. The second-order valence-electron chi connectivity index (χ2n) is 5.20. The van der Waals surface area contributed by atoms with Crippen molar-refractivity contribution in [1.29, 1.82) is 0 Å². The zero-order valence-electron chi connectivity index (χ0n) is 12.0. The molecule has 0 aromatic rings. The third kappa shape index (κ3) is 6.34. The predicted octanol–water partition coefficient (Wildman–Crippen LogP) is 1.62. The Labute approximate surface area is 119 Å². The summed E-state index contributed by atoms with van der Waals surface area (Å²) in [6.07, 6.45) is 3.29. The largest absolute Gasteiger partial charge is 0.398 e. The molecule has 1 aliphatic rings. The minimum Gasteiger partial charge on any atom is -0.398 e. The van der Waals surface area contributed by atoms with Gasteiger partial charge < -0.3 is 19.7 Å². The summed E-state index contributed by atoms with van der Waals surface area (Å²) in [6, 6.07) is 0. The number of carbonyl (C=O) groups excluding carboxylic acids is 2. The summed E-state index contributed by atoms with van der Waals surface area (Å²) < 4.78 is 9.69. The molecule has 2 N–H and O–H groups in total. The van der Waals surface area contributed by atoms with Crippen LogP contribution >= 0.6 is 0 Å². The minimum atomic E-state index is -2.24. The van der Waals surface area contributed by atoms with Gasteiger partial charge in [-0.15, -0.1) is 0 Å². The maximum absolute atomic E-state index is 11.5. The first-order chi connectivity index (χ1) is 9.45. The molecule has 1 rings (SSSR count). The van der Waals surface area contributed by atoms with Crippen LogP contribution < -0.4 is 0 Å². The third-order valence-corrected chi connectivity index (χ3v) is 3.24. The summed E-state index contributed by atoms with van der Waals surface area (Å²) in [4.78, 5) is 23.0. The number of ether oxygens (including phenoxy) is 2. The maximum Gasteiger partial charge on any atom is 0.373 e. The van der Waals surface area contributed by atoms with E-state index in [4.69, 9.17) is 9.47 Å². The fourth-order valence-electron chi connectivity index (χ4n) is 2.05. The molecule has 1 aliphatic heterocycles. The van der Waals surface area contributed by atoms with Crippen molar-refractivity contribution in [2.24, 2.45) is 0 Å². The van der Waals surface area contributed by atoms with Gasteiger partial charge in [0, 0.05) is 12.8 Å². The average molecular weight is 288 g/mol. The fraction of sp³-hybridized carbons (Fsp3) is 0.857. The average Bonchev–Trinajstić information content (AvgIpc) is 2.44. The Morgan fingerprint density at radius 3 is 2.20 bits per heavy atom. The molecule has 6 heteroatoms. The van der Waals surface area contributed by atoms with E-state index in [2.05, 4.69) is 0 Å². The molecule has 0 aromatic heterocycles. The number of hydrogen-bond donors (Lipinski definition) is 2. The SMILES string of the molecule is CCCCC(O)CCC1(O)OC(=O)CCCCC(=O)O1. The van der Waals surface area contributed by atoms with Crippen LogP contribution in [0.3, 0.4) is 0 Å². The molecule has 6 nitrogen and oxygen atoms in total. The lowest BCUT2D eigenvalue weighted by molar-refractivity contribution is -0.328. The van der Waals surface area contributed by atoms with Gasteiger partial charge in [-0.1, -0.05) is 19.8 Å². The number of aliphatic hydroxyl groups excluding tert-OH is 1. The molecule has 0 spiro atoms. The summed E-state index contributed by atoms with van der Waals surface area (Å²) in [7, 11) is 0. The number of esters is 2. The number of carbonyl (C=O) groups is 2. The van der Waals surface area contributed by atoms with Gasteiger partial charge in [-0.2, -0.15) is 0 Å². The van der Waals surface area contributed by atoms with Crippen LogP contribution in [-0.4, -0.2) is 34.2 Å². The van der Waals surface area contributed by atoms with Crippen LogP contribution in [0.1, 0.15) is 64.7 Å². The second-order valence-corrected chi connectivity index (χ2v) is 5.20. The van der Waals surface area contributed by atoms with Crippen molar-refractivity contribution in [1.82, 2.24) is 0 Å². The first-order valence-corrected chi connectivity index (χ1v) is 7.29. The van der Waals surface area contributed by atoms with Gasteiger partial charge in [0.2, 0.25) is 0 Å². The molecule has 20 heavy (non-hydrogen) atoms. The van der Waals surface area contributed by atoms with Crippen LogP contribution in [0.4, 0.5) is 0 Å². The van der Waals surface area contributed by atoms with Gasteiger partial charge in [0.05, 0.1) is 12.5 Å². The molecular formula is C14H24O6. The van der Waals surface area contributed by atoms with Crippen molar-refractivity contribution in [3.05, 3.63) is 0 Å². The van der Waals surface area contributed by atoms with E-state index in [9.17, 15) is 19.8 Å². The zero-order chi connectivity index (χ0) is 15.0. The van der Waals surface area contributed by atoms with Gasteiger partial charge >= 0.3 is 17.9 Å². The first-order valence-electron chi connectivity index (χ1n) is 7.29. The molecule has 1 atom stereocenters. The summed E-state index contributed by atoms with van der Waals surface area (Å²) in [5.41, 5.74) is 0. The minimum absolute atomic E-state index is 0.116. The van der Waals surface area contributed by atoms with Gasteiger partial charge in [0.25, 0.3) is 0 Å². The van der Waals surface area contributed by atoms with Crippen LogP contribution in [-0.2, 0) is 19.1 Å². The van der Waals surface area contributed by atoms with E-state index < -0.39 is 24.0 Å². The highest BCUT2D eigenvalue weighted by Crippen LogP contribution is 2.23. The van der Waals surface area contributed by atoms with Crippen molar-refractivity contribution in [2.75, 3.05) is 0 Å². The van der Waals surface area contributed by atoms with Crippen molar-refractivity contribution >= 4 is 11.9 Å². The van der Waals surface area contributed by atoms with Gasteiger partial charge in [-0.3, -0.25) is 9.59 Å². The molecule has 1 saturated heterocycles. The van der Waals surface area contributed by atoms with Gasteiger partial charge in [-0.25, -0.2) is 0 Å². The number of hydrogen-bond acceptors (Lipinski definition) is 6. The van der Waals surface area contributed by atoms with E-state index in [1.54, 1.807) is 0 Å². The van der Waals surface area contributed by atoms with Crippen LogP contribution in [0, 0.1) is 0 Å². The summed E-state index contributed by atoms with van der Waals surface area (Å²) in [6.45, 7) is 2.02. The number of rotatable bonds is 6.